The number of hydrogen-bond donors (Lipinski definition) is 4. The summed E-state index contributed by atoms with van der Waals surface area (Å²) < 4.78 is 33.4. The Morgan fingerprint density at radius 2 is 1.57 bits per heavy atom. The maximum Gasteiger partial charge on any atom is 0.408 e. The van der Waals surface area contributed by atoms with E-state index in [0.29, 0.717) is 13.0 Å². The molecule has 1 saturated carbocycles. The molecule has 0 spiro atoms. The minimum atomic E-state index is -2.78. The fourth-order valence-electron chi connectivity index (χ4n) is 6.55. The molecule has 1 saturated heterocycles. The molecule has 4 atom stereocenters. The van der Waals surface area contributed by atoms with Crippen LogP contribution in [0, 0.1) is 23.2 Å². The quantitative estimate of drug-likeness (QED) is 0.203. The molecule has 0 radical (unpaired) electrons. The van der Waals surface area contributed by atoms with Gasteiger partial charge in [0.25, 0.3) is 0 Å². The summed E-state index contributed by atoms with van der Waals surface area (Å²) in [6.07, 6.45) is -0.385. The van der Waals surface area contributed by atoms with Gasteiger partial charge in [-0.3, -0.25) is 14.4 Å². The van der Waals surface area contributed by atoms with Gasteiger partial charge in [-0.05, 0) is 59.9 Å². The summed E-state index contributed by atoms with van der Waals surface area (Å²) in [7, 11) is 0. The summed E-state index contributed by atoms with van der Waals surface area (Å²) in [6.45, 7) is 0.459. The fourth-order valence-corrected chi connectivity index (χ4v) is 6.55. The third-order valence-electron chi connectivity index (χ3n) is 9.32. The molecule has 0 aromatic heterocycles. The summed E-state index contributed by atoms with van der Waals surface area (Å²) >= 11 is 0. The maximum atomic E-state index is 14.0. The Morgan fingerprint density at radius 3 is 2.29 bits per heavy atom. The van der Waals surface area contributed by atoms with Crippen LogP contribution in [0.5, 0.6) is 0 Å². The predicted octanol–water partition coefficient (Wildman–Crippen LogP) is 4.91. The molecule has 3 aromatic rings. The van der Waals surface area contributed by atoms with Crippen molar-refractivity contribution in [3.05, 3.63) is 83.9 Å². The molecule has 4 amide bonds. The van der Waals surface area contributed by atoms with Crippen LogP contribution in [0.3, 0.4) is 0 Å². The van der Waals surface area contributed by atoms with Crippen molar-refractivity contribution in [1.29, 1.82) is 5.26 Å². The van der Waals surface area contributed by atoms with E-state index in [4.69, 9.17) is 4.74 Å². The van der Waals surface area contributed by atoms with Crippen LogP contribution in [-0.2, 0) is 32.1 Å². The number of rotatable bonds is 13. The zero-order chi connectivity index (χ0) is 34.8. The zero-order valence-corrected chi connectivity index (χ0v) is 27.1. The number of halogens is 2. The third-order valence-corrected chi connectivity index (χ3v) is 9.32. The Bertz CT molecular complexity index is 1670. The molecule has 2 fully saturated rings. The van der Waals surface area contributed by atoms with Crippen molar-refractivity contribution in [1.82, 2.24) is 21.3 Å². The van der Waals surface area contributed by atoms with Gasteiger partial charge in [0.1, 0.15) is 24.7 Å². The smallest absolute Gasteiger partial charge is 0.408 e. The SMILES string of the molecule is N#CC(CC1CCNC1=O)NC(=O)C(CC1CCC(F)(F)CC1)NC(=O)C(Cc1cccc2ccccc12)NC(=O)OCc1ccccc1. The van der Waals surface area contributed by atoms with Crippen LogP contribution in [0.2, 0.25) is 0 Å². The normalized spacial score (nSPS) is 19.1. The third kappa shape index (κ3) is 9.98. The van der Waals surface area contributed by atoms with E-state index >= 15 is 0 Å². The number of amides is 4. The molecule has 49 heavy (non-hydrogen) atoms. The molecule has 0 bridgehead atoms. The zero-order valence-electron chi connectivity index (χ0n) is 27.1. The van der Waals surface area contributed by atoms with E-state index in [9.17, 15) is 33.2 Å². The molecule has 3 aromatic carbocycles. The Morgan fingerprint density at radius 1 is 0.878 bits per heavy atom. The number of nitriles is 1. The first-order valence-corrected chi connectivity index (χ1v) is 16.7. The van der Waals surface area contributed by atoms with Crippen molar-refractivity contribution in [2.45, 2.75) is 82.0 Å². The van der Waals surface area contributed by atoms with Crippen LogP contribution < -0.4 is 21.3 Å². The lowest BCUT2D eigenvalue weighted by molar-refractivity contribution is -0.131. The van der Waals surface area contributed by atoms with Crippen LogP contribution in [0.15, 0.2) is 72.8 Å². The number of alkyl halides is 2. The number of benzene rings is 3. The molecule has 1 aliphatic carbocycles. The molecule has 4 N–H and O–H groups in total. The molecule has 12 heteroatoms. The minimum absolute atomic E-state index is 0.0266. The molecule has 258 valence electrons. The highest BCUT2D eigenvalue weighted by atomic mass is 19.3. The van der Waals surface area contributed by atoms with E-state index in [2.05, 4.69) is 21.3 Å². The van der Waals surface area contributed by atoms with Gasteiger partial charge in [-0.25, -0.2) is 13.6 Å². The van der Waals surface area contributed by atoms with Gasteiger partial charge in [0, 0.05) is 31.7 Å². The number of nitrogens with one attached hydrogen (secondary N) is 4. The van der Waals surface area contributed by atoms with Crippen molar-refractivity contribution < 1.29 is 32.7 Å². The van der Waals surface area contributed by atoms with Gasteiger partial charge >= 0.3 is 6.09 Å². The van der Waals surface area contributed by atoms with Crippen molar-refractivity contribution in [3.8, 4) is 6.07 Å². The Balaban J connectivity index is 1.35. The topological polar surface area (TPSA) is 149 Å². The van der Waals surface area contributed by atoms with Gasteiger partial charge in [-0.15, -0.1) is 0 Å². The molecular formula is C37H41F2N5O5. The lowest BCUT2D eigenvalue weighted by Crippen LogP contribution is -2.56. The molecule has 1 heterocycles. The van der Waals surface area contributed by atoms with Gasteiger partial charge in [0.15, 0.2) is 0 Å². The van der Waals surface area contributed by atoms with Gasteiger partial charge in [0.05, 0.1) is 6.07 Å². The van der Waals surface area contributed by atoms with E-state index in [1.165, 1.54) is 0 Å². The average molecular weight is 674 g/mol. The monoisotopic (exact) mass is 673 g/mol. The number of carbonyl (C=O) groups excluding carboxylic acids is 4. The molecule has 1 aliphatic heterocycles. The van der Waals surface area contributed by atoms with Crippen LogP contribution in [0.4, 0.5) is 13.6 Å². The van der Waals surface area contributed by atoms with Gasteiger partial charge in [-0.1, -0.05) is 72.8 Å². The summed E-state index contributed by atoms with van der Waals surface area (Å²) in [5.41, 5.74) is 1.53. The van der Waals surface area contributed by atoms with Crippen molar-refractivity contribution >= 4 is 34.6 Å². The highest BCUT2D eigenvalue weighted by Gasteiger charge is 2.38. The van der Waals surface area contributed by atoms with E-state index in [1.807, 2.05) is 66.7 Å². The lowest BCUT2D eigenvalue weighted by Gasteiger charge is -2.31. The van der Waals surface area contributed by atoms with E-state index in [-0.39, 0.29) is 63.4 Å². The predicted molar refractivity (Wildman–Crippen MR) is 178 cm³/mol. The lowest BCUT2D eigenvalue weighted by atomic mass is 9.82. The maximum absolute atomic E-state index is 14.0. The molecular weight excluding hydrogens is 632 g/mol. The van der Waals surface area contributed by atoms with E-state index in [0.717, 1.165) is 21.9 Å². The van der Waals surface area contributed by atoms with E-state index < -0.39 is 47.9 Å². The van der Waals surface area contributed by atoms with Crippen LogP contribution in [0.1, 0.15) is 56.1 Å². The van der Waals surface area contributed by atoms with Gasteiger partial charge in [-0.2, -0.15) is 5.26 Å². The Kier molecular flexibility index (Phi) is 11.8. The average Bonchev–Trinajstić information content (AvgIpc) is 3.51. The van der Waals surface area contributed by atoms with Crippen molar-refractivity contribution in [3.63, 3.8) is 0 Å². The van der Waals surface area contributed by atoms with Crippen LogP contribution >= 0.6 is 0 Å². The second kappa shape index (κ2) is 16.4. The number of carbonyl (C=O) groups is 4. The molecule has 4 unspecified atom stereocenters. The molecule has 10 nitrogen and oxygen atoms in total. The number of nitrogens with zero attached hydrogens (tertiary/aromatic N) is 1. The first kappa shape index (κ1) is 35.3. The highest BCUT2D eigenvalue weighted by Crippen LogP contribution is 2.38. The second-order valence-corrected chi connectivity index (χ2v) is 12.9. The fraction of sp³-hybridized carbons (Fsp3) is 0.432. The minimum Gasteiger partial charge on any atom is -0.445 e. The number of ether oxygens (including phenoxy) is 1. The standard InChI is InChI=1S/C37H41F2N5O5/c38-37(39)16-13-24(14-17-37)19-31(34(46)42-29(22-40)20-28-15-18-41-33(28)45)43-35(47)32(44-36(48)49-23-25-7-2-1-3-8-25)21-27-11-6-10-26-9-4-5-12-30(26)27/h1-12,24,28-29,31-32H,13-21,23H2,(H,41,45)(H,42,46)(H,43,47)(H,44,48). The van der Waals surface area contributed by atoms with Gasteiger partial charge in [0.2, 0.25) is 23.6 Å². The molecule has 5 rings (SSSR count). The van der Waals surface area contributed by atoms with Crippen molar-refractivity contribution in [2.24, 2.45) is 11.8 Å². The first-order chi connectivity index (χ1) is 23.6. The molecule has 2 aliphatic rings. The number of alkyl carbamates (subject to hydrolysis) is 1. The van der Waals surface area contributed by atoms with Crippen molar-refractivity contribution in [2.75, 3.05) is 6.54 Å². The van der Waals surface area contributed by atoms with Crippen LogP contribution in [-0.4, -0.2) is 54.4 Å². The Labute approximate surface area is 284 Å². The largest absolute Gasteiger partial charge is 0.445 e. The summed E-state index contributed by atoms with van der Waals surface area (Å²) in [6, 6.07) is 21.0. The van der Waals surface area contributed by atoms with Gasteiger partial charge < -0.3 is 26.0 Å². The Hall–Kier alpha value is -5.05. The summed E-state index contributed by atoms with van der Waals surface area (Å²) in [5.74, 6) is -5.02. The van der Waals surface area contributed by atoms with E-state index in [1.54, 1.807) is 12.1 Å². The second-order valence-electron chi connectivity index (χ2n) is 12.9. The summed E-state index contributed by atoms with van der Waals surface area (Å²) in [4.78, 5) is 52.9. The highest BCUT2D eigenvalue weighted by molar-refractivity contribution is 5.93. The number of hydrogen-bond acceptors (Lipinski definition) is 6. The number of fused-ring (bicyclic) bond motifs is 1. The van der Waals surface area contributed by atoms with Crippen LogP contribution in [0.25, 0.3) is 10.8 Å². The first-order valence-electron chi connectivity index (χ1n) is 16.7. The summed E-state index contributed by atoms with van der Waals surface area (Å²) in [5, 5.41) is 22.4.